The molecule has 0 aromatic carbocycles. The highest BCUT2D eigenvalue weighted by Crippen LogP contribution is 2.35. The topological polar surface area (TPSA) is 36.4 Å². The van der Waals surface area contributed by atoms with E-state index < -0.39 is 6.10 Å². The minimum absolute atomic E-state index is 0.397. The number of thiophene rings is 1. The van der Waals surface area contributed by atoms with E-state index in [9.17, 15) is 5.11 Å². The van der Waals surface area contributed by atoms with Gasteiger partial charge in [-0.2, -0.15) is 0 Å². The number of fused-ring (bicyclic) bond motifs is 1. The van der Waals surface area contributed by atoms with Gasteiger partial charge in [0.05, 0.1) is 29.7 Å². The Kier molecular flexibility index (Phi) is 3.76. The first-order valence-electron chi connectivity index (χ1n) is 7.17. The molecule has 4 heteroatoms. The predicted octanol–water partition coefficient (Wildman–Crippen LogP) is 3.71. The average molecular weight is 288 g/mol. The van der Waals surface area contributed by atoms with E-state index in [0.29, 0.717) is 12.5 Å². The SMILES string of the molecule is CC[C@H](O)c1ccc(N2CCc3sccc3C2C)cn1. The van der Waals surface area contributed by atoms with Gasteiger partial charge >= 0.3 is 0 Å². The molecule has 1 aliphatic heterocycles. The highest BCUT2D eigenvalue weighted by molar-refractivity contribution is 7.10. The molecule has 2 atom stereocenters. The highest BCUT2D eigenvalue weighted by Gasteiger charge is 2.25. The van der Waals surface area contributed by atoms with Crippen LogP contribution >= 0.6 is 11.3 Å². The van der Waals surface area contributed by atoms with Gasteiger partial charge in [-0.25, -0.2) is 0 Å². The minimum Gasteiger partial charge on any atom is -0.387 e. The zero-order valence-corrected chi connectivity index (χ0v) is 12.7. The maximum Gasteiger partial charge on any atom is 0.0957 e. The molecule has 0 saturated heterocycles. The van der Waals surface area contributed by atoms with Crippen LogP contribution in [0.4, 0.5) is 5.69 Å². The summed E-state index contributed by atoms with van der Waals surface area (Å²) in [5.74, 6) is 0. The third-order valence-electron chi connectivity index (χ3n) is 4.11. The number of anilines is 1. The Bertz CT molecular complexity index is 578. The molecule has 0 aliphatic carbocycles. The normalized spacial score (nSPS) is 19.8. The van der Waals surface area contributed by atoms with Crippen LogP contribution in [0.25, 0.3) is 0 Å². The number of hydrogen-bond donors (Lipinski definition) is 1. The largest absolute Gasteiger partial charge is 0.387 e. The summed E-state index contributed by atoms with van der Waals surface area (Å²) >= 11 is 1.86. The van der Waals surface area contributed by atoms with Gasteiger partial charge in [0, 0.05) is 11.4 Å². The van der Waals surface area contributed by atoms with Crippen LogP contribution in [0.2, 0.25) is 0 Å². The van der Waals surface area contributed by atoms with Crippen LogP contribution in [-0.2, 0) is 6.42 Å². The molecule has 0 bridgehead atoms. The van der Waals surface area contributed by atoms with Crippen LogP contribution in [0, 0.1) is 0 Å². The van der Waals surface area contributed by atoms with Crippen LogP contribution < -0.4 is 4.90 Å². The average Bonchev–Trinajstić information content (AvgIpc) is 2.96. The number of aliphatic hydroxyl groups is 1. The summed E-state index contributed by atoms with van der Waals surface area (Å²) in [6.07, 6.45) is 3.25. The van der Waals surface area contributed by atoms with Gasteiger partial charge in [-0.1, -0.05) is 6.92 Å². The summed E-state index contributed by atoms with van der Waals surface area (Å²) in [6, 6.07) is 6.65. The van der Waals surface area contributed by atoms with E-state index in [-0.39, 0.29) is 0 Å². The van der Waals surface area contributed by atoms with E-state index in [1.807, 2.05) is 30.5 Å². The maximum absolute atomic E-state index is 9.81. The molecule has 0 amide bonds. The summed E-state index contributed by atoms with van der Waals surface area (Å²) in [7, 11) is 0. The second-order valence-corrected chi connectivity index (χ2v) is 6.28. The molecule has 0 saturated carbocycles. The van der Waals surface area contributed by atoms with Gasteiger partial charge in [0.2, 0.25) is 0 Å². The molecule has 0 fully saturated rings. The van der Waals surface area contributed by atoms with E-state index in [1.165, 1.54) is 10.4 Å². The van der Waals surface area contributed by atoms with Crippen LogP contribution in [0.3, 0.4) is 0 Å². The van der Waals surface area contributed by atoms with Crippen LogP contribution in [0.15, 0.2) is 29.8 Å². The predicted molar refractivity (Wildman–Crippen MR) is 83.3 cm³/mol. The molecule has 20 heavy (non-hydrogen) atoms. The molecule has 106 valence electrons. The van der Waals surface area contributed by atoms with Crippen LogP contribution in [0.5, 0.6) is 0 Å². The van der Waals surface area contributed by atoms with Gasteiger partial charge in [-0.15, -0.1) is 11.3 Å². The number of hydrogen-bond acceptors (Lipinski definition) is 4. The van der Waals surface area contributed by atoms with E-state index in [0.717, 1.165) is 24.3 Å². The Hall–Kier alpha value is -1.39. The molecule has 0 spiro atoms. The minimum atomic E-state index is -0.452. The molecule has 1 N–H and O–H groups in total. The first-order chi connectivity index (χ1) is 9.70. The molecule has 1 aliphatic rings. The lowest BCUT2D eigenvalue weighted by atomic mass is 10.0. The molecule has 3 rings (SSSR count). The van der Waals surface area contributed by atoms with Crippen LogP contribution in [-0.4, -0.2) is 16.6 Å². The van der Waals surface area contributed by atoms with Crippen molar-refractivity contribution in [2.75, 3.05) is 11.4 Å². The monoisotopic (exact) mass is 288 g/mol. The molecular weight excluding hydrogens is 268 g/mol. The van der Waals surface area contributed by atoms with E-state index >= 15 is 0 Å². The number of pyridine rings is 1. The fourth-order valence-corrected chi connectivity index (χ4v) is 3.80. The van der Waals surface area contributed by atoms with Crippen molar-refractivity contribution in [2.24, 2.45) is 0 Å². The molecule has 3 nitrogen and oxygen atoms in total. The summed E-state index contributed by atoms with van der Waals surface area (Å²) in [5, 5.41) is 12.0. The highest BCUT2D eigenvalue weighted by atomic mass is 32.1. The lowest BCUT2D eigenvalue weighted by Crippen LogP contribution is -2.33. The van der Waals surface area contributed by atoms with E-state index in [4.69, 9.17) is 0 Å². The second-order valence-electron chi connectivity index (χ2n) is 5.28. The molecule has 1 unspecified atom stereocenters. The Labute approximate surface area is 123 Å². The van der Waals surface area contributed by atoms with Crippen molar-refractivity contribution < 1.29 is 5.11 Å². The zero-order chi connectivity index (χ0) is 14.1. The lowest BCUT2D eigenvalue weighted by Gasteiger charge is -2.35. The van der Waals surface area contributed by atoms with Crippen molar-refractivity contribution in [1.29, 1.82) is 0 Å². The molecular formula is C16H20N2OS. The van der Waals surface area contributed by atoms with E-state index in [1.54, 1.807) is 0 Å². The number of rotatable bonds is 3. The smallest absolute Gasteiger partial charge is 0.0957 e. The zero-order valence-electron chi connectivity index (χ0n) is 11.9. The number of aliphatic hydroxyl groups excluding tert-OH is 1. The van der Waals surface area contributed by atoms with Crippen molar-refractivity contribution >= 4 is 17.0 Å². The quantitative estimate of drug-likeness (QED) is 0.935. The van der Waals surface area contributed by atoms with Gasteiger partial charge in [0.15, 0.2) is 0 Å². The Balaban J connectivity index is 1.83. The maximum atomic E-state index is 9.81. The van der Waals surface area contributed by atoms with Gasteiger partial charge < -0.3 is 10.0 Å². The standard InChI is InChI=1S/C16H20N2OS/c1-3-15(19)14-5-4-12(10-17-14)18-8-6-16-13(11(18)2)7-9-20-16/h4-5,7,9-11,15,19H,3,6,8H2,1-2H3/t11?,15-/m0/s1. The van der Waals surface area contributed by atoms with Gasteiger partial charge in [0.1, 0.15) is 0 Å². The Morgan fingerprint density at radius 1 is 1.45 bits per heavy atom. The van der Waals surface area contributed by atoms with Gasteiger partial charge in [0.25, 0.3) is 0 Å². The molecule has 2 aromatic heterocycles. The van der Waals surface area contributed by atoms with E-state index in [2.05, 4.69) is 34.3 Å². The summed E-state index contributed by atoms with van der Waals surface area (Å²) in [6.45, 7) is 5.25. The fraction of sp³-hybridized carbons (Fsp3) is 0.438. The molecule has 0 radical (unpaired) electrons. The third kappa shape index (κ3) is 2.34. The van der Waals surface area contributed by atoms with Gasteiger partial charge in [-0.05, 0) is 48.9 Å². The van der Waals surface area contributed by atoms with Crippen molar-refractivity contribution in [3.05, 3.63) is 45.9 Å². The molecule has 2 aromatic rings. The number of aromatic nitrogens is 1. The first kappa shape index (κ1) is 13.6. The van der Waals surface area contributed by atoms with Crippen molar-refractivity contribution in [2.45, 2.75) is 38.8 Å². The summed E-state index contributed by atoms with van der Waals surface area (Å²) in [5.41, 5.74) is 3.34. The second kappa shape index (κ2) is 5.54. The summed E-state index contributed by atoms with van der Waals surface area (Å²) in [4.78, 5) is 8.32. The summed E-state index contributed by atoms with van der Waals surface area (Å²) < 4.78 is 0. The number of nitrogens with zero attached hydrogens (tertiary/aromatic N) is 2. The lowest BCUT2D eigenvalue weighted by molar-refractivity contribution is 0.169. The Morgan fingerprint density at radius 2 is 2.30 bits per heavy atom. The van der Waals surface area contributed by atoms with Crippen molar-refractivity contribution in [3.8, 4) is 0 Å². The van der Waals surface area contributed by atoms with Crippen LogP contribution in [0.1, 0.15) is 48.5 Å². The third-order valence-corrected chi connectivity index (χ3v) is 5.10. The van der Waals surface area contributed by atoms with Gasteiger partial charge in [-0.3, -0.25) is 4.98 Å². The molecule has 3 heterocycles. The fourth-order valence-electron chi connectivity index (χ4n) is 2.84. The van der Waals surface area contributed by atoms with Crippen molar-refractivity contribution in [1.82, 2.24) is 4.98 Å². The first-order valence-corrected chi connectivity index (χ1v) is 8.05. The van der Waals surface area contributed by atoms with Crippen molar-refractivity contribution in [3.63, 3.8) is 0 Å². The Morgan fingerprint density at radius 3 is 3.00 bits per heavy atom.